The average Bonchev–Trinajstić information content (AvgIpc) is 2.72. The summed E-state index contributed by atoms with van der Waals surface area (Å²) in [7, 11) is 5.04. The third-order valence-electron chi connectivity index (χ3n) is 4.22. The topological polar surface area (TPSA) is 27.7 Å². The van der Waals surface area contributed by atoms with Crippen molar-refractivity contribution in [3.05, 3.63) is 89.5 Å². The van der Waals surface area contributed by atoms with Gasteiger partial charge in [-0.2, -0.15) is 0 Å². The molecule has 0 unspecified atom stereocenters. The Labute approximate surface area is 154 Å². The van der Waals surface area contributed by atoms with Crippen molar-refractivity contribution in [3.63, 3.8) is 0 Å². The number of hydrogen-bond donors (Lipinski definition) is 0. The second-order valence-electron chi connectivity index (χ2n) is 5.73. The van der Waals surface area contributed by atoms with Gasteiger partial charge in [-0.3, -0.25) is 0 Å². The van der Waals surface area contributed by atoms with Gasteiger partial charge in [-0.05, 0) is 41.5 Å². The van der Waals surface area contributed by atoms with Crippen LogP contribution in [0.3, 0.4) is 0 Å². The molecule has 0 aliphatic heterocycles. The first kappa shape index (κ1) is 17.6. The smallest absolute Gasteiger partial charge is 0.126 e. The molecule has 0 radical (unpaired) electrons. The first-order valence-corrected chi connectivity index (χ1v) is 8.39. The van der Waals surface area contributed by atoms with Gasteiger partial charge >= 0.3 is 0 Å². The van der Waals surface area contributed by atoms with E-state index in [9.17, 15) is 0 Å². The van der Waals surface area contributed by atoms with Gasteiger partial charge in [-0.15, -0.1) is 0 Å². The van der Waals surface area contributed by atoms with Crippen molar-refractivity contribution in [1.82, 2.24) is 0 Å². The first-order chi connectivity index (χ1) is 12.8. The van der Waals surface area contributed by atoms with Gasteiger partial charge < -0.3 is 14.2 Å². The molecule has 3 aromatic carbocycles. The number of hydrogen-bond acceptors (Lipinski definition) is 3. The van der Waals surface area contributed by atoms with Crippen LogP contribution in [-0.2, 0) is 0 Å². The van der Waals surface area contributed by atoms with Gasteiger partial charge in [-0.25, -0.2) is 0 Å². The summed E-state index contributed by atoms with van der Waals surface area (Å²) in [5.74, 6) is 2.45. The van der Waals surface area contributed by atoms with Crippen LogP contribution in [0.25, 0.3) is 11.6 Å². The Hall–Kier alpha value is -3.20. The molecule has 132 valence electrons. The zero-order valence-electron chi connectivity index (χ0n) is 15.2. The summed E-state index contributed by atoms with van der Waals surface area (Å²) in [6.45, 7) is 0. The fourth-order valence-corrected chi connectivity index (χ4v) is 2.92. The molecule has 0 N–H and O–H groups in total. The maximum absolute atomic E-state index is 5.60. The normalized spacial score (nSPS) is 11.1. The summed E-state index contributed by atoms with van der Waals surface area (Å²) < 4.78 is 16.5. The lowest BCUT2D eigenvalue weighted by atomic mass is 9.94. The van der Waals surface area contributed by atoms with Crippen LogP contribution in [0.2, 0.25) is 0 Å². The van der Waals surface area contributed by atoms with E-state index in [0.29, 0.717) is 0 Å². The molecular formula is C23H22O3. The lowest BCUT2D eigenvalue weighted by molar-refractivity contribution is 0.413. The van der Waals surface area contributed by atoms with Crippen LogP contribution in [0.1, 0.15) is 16.7 Å². The molecule has 0 atom stereocenters. The number of para-hydroxylation sites is 2. The first-order valence-electron chi connectivity index (χ1n) is 8.39. The maximum Gasteiger partial charge on any atom is 0.126 e. The molecule has 0 bridgehead atoms. The number of rotatable bonds is 6. The van der Waals surface area contributed by atoms with Crippen LogP contribution in [0.15, 0.2) is 72.8 Å². The summed E-state index contributed by atoms with van der Waals surface area (Å²) in [6.07, 6.45) is 2.12. The van der Waals surface area contributed by atoms with Crippen molar-refractivity contribution >= 4 is 11.6 Å². The zero-order chi connectivity index (χ0) is 18.4. The van der Waals surface area contributed by atoms with E-state index in [-0.39, 0.29) is 0 Å². The Kier molecular flexibility index (Phi) is 5.59. The summed E-state index contributed by atoms with van der Waals surface area (Å²) in [6, 6.07) is 24.0. The molecule has 3 heteroatoms. The Morgan fingerprint density at radius 3 is 2.12 bits per heavy atom. The Balaban J connectivity index is 2.23. The molecule has 0 aliphatic carbocycles. The van der Waals surface area contributed by atoms with Crippen LogP contribution in [-0.4, -0.2) is 21.3 Å². The average molecular weight is 346 g/mol. The molecule has 0 spiro atoms. The van der Waals surface area contributed by atoms with E-state index in [0.717, 1.165) is 39.5 Å². The van der Waals surface area contributed by atoms with Crippen LogP contribution in [0, 0.1) is 0 Å². The largest absolute Gasteiger partial charge is 0.497 e. The summed E-state index contributed by atoms with van der Waals surface area (Å²) in [5.41, 5.74) is 4.08. The Bertz CT molecular complexity index is 913. The fraction of sp³-hybridized carbons (Fsp3) is 0.130. The van der Waals surface area contributed by atoms with Crippen molar-refractivity contribution < 1.29 is 14.2 Å². The van der Waals surface area contributed by atoms with Crippen LogP contribution < -0.4 is 14.2 Å². The van der Waals surface area contributed by atoms with Gasteiger partial charge in [0, 0.05) is 11.1 Å². The third kappa shape index (κ3) is 3.72. The lowest BCUT2D eigenvalue weighted by Gasteiger charge is -2.15. The quantitative estimate of drug-likeness (QED) is 0.567. The third-order valence-corrected chi connectivity index (χ3v) is 4.22. The van der Waals surface area contributed by atoms with Gasteiger partial charge in [0.2, 0.25) is 0 Å². The highest BCUT2D eigenvalue weighted by molar-refractivity contribution is 5.94. The van der Waals surface area contributed by atoms with E-state index in [1.165, 1.54) is 0 Å². The molecule has 0 saturated carbocycles. The molecule has 3 rings (SSSR count). The van der Waals surface area contributed by atoms with E-state index < -0.39 is 0 Å². The van der Waals surface area contributed by atoms with E-state index in [1.807, 2.05) is 60.7 Å². The predicted octanol–water partition coefficient (Wildman–Crippen LogP) is 5.30. The van der Waals surface area contributed by atoms with Crippen LogP contribution >= 0.6 is 0 Å². The van der Waals surface area contributed by atoms with Crippen molar-refractivity contribution in [2.45, 2.75) is 0 Å². The highest BCUT2D eigenvalue weighted by Crippen LogP contribution is 2.35. The van der Waals surface area contributed by atoms with Gasteiger partial charge in [0.05, 0.1) is 21.3 Å². The van der Waals surface area contributed by atoms with E-state index in [4.69, 9.17) is 14.2 Å². The van der Waals surface area contributed by atoms with Gasteiger partial charge in [0.15, 0.2) is 0 Å². The molecule has 0 aliphatic rings. The van der Waals surface area contributed by atoms with Crippen LogP contribution in [0.4, 0.5) is 0 Å². The lowest BCUT2D eigenvalue weighted by Crippen LogP contribution is -1.95. The van der Waals surface area contributed by atoms with Gasteiger partial charge in [-0.1, -0.05) is 48.5 Å². The number of methoxy groups -OCH3 is 3. The second-order valence-corrected chi connectivity index (χ2v) is 5.73. The minimum Gasteiger partial charge on any atom is -0.497 e. The monoisotopic (exact) mass is 346 g/mol. The predicted molar refractivity (Wildman–Crippen MR) is 106 cm³/mol. The molecule has 3 nitrogen and oxygen atoms in total. The van der Waals surface area contributed by atoms with E-state index in [2.05, 4.69) is 18.2 Å². The summed E-state index contributed by atoms with van der Waals surface area (Å²) >= 11 is 0. The molecule has 26 heavy (non-hydrogen) atoms. The highest BCUT2D eigenvalue weighted by Gasteiger charge is 2.12. The van der Waals surface area contributed by atoms with E-state index >= 15 is 0 Å². The van der Waals surface area contributed by atoms with Crippen molar-refractivity contribution in [1.29, 1.82) is 0 Å². The molecule has 0 amide bonds. The molecule has 0 aromatic heterocycles. The van der Waals surface area contributed by atoms with Gasteiger partial charge in [0.1, 0.15) is 17.2 Å². The molecule has 0 fully saturated rings. The van der Waals surface area contributed by atoms with Crippen molar-refractivity contribution in [2.75, 3.05) is 21.3 Å². The standard InChI is InChI=1S/C23H22O3/c1-24-19-11-8-10-17(15-19)21(20-12-5-7-14-23(20)26-3)16-18-9-4-6-13-22(18)25-2/h4-16H,1-3H3/b21-16-. The minimum atomic E-state index is 0.809. The molecular weight excluding hydrogens is 324 g/mol. The second kappa shape index (κ2) is 8.26. The van der Waals surface area contributed by atoms with Gasteiger partial charge in [0.25, 0.3) is 0 Å². The SMILES string of the molecule is COc1cccc(/C(=C/c2ccccc2OC)c2ccccc2OC)c1. The minimum absolute atomic E-state index is 0.809. The van der Waals surface area contributed by atoms with Crippen LogP contribution in [0.5, 0.6) is 17.2 Å². The molecule has 0 saturated heterocycles. The van der Waals surface area contributed by atoms with Crippen molar-refractivity contribution in [2.24, 2.45) is 0 Å². The molecule has 0 heterocycles. The Morgan fingerprint density at radius 1 is 0.692 bits per heavy atom. The summed E-state index contributed by atoms with van der Waals surface area (Å²) in [4.78, 5) is 0. The Morgan fingerprint density at radius 2 is 1.38 bits per heavy atom. The van der Waals surface area contributed by atoms with E-state index in [1.54, 1.807) is 21.3 Å². The number of ether oxygens (including phenoxy) is 3. The van der Waals surface area contributed by atoms with Crippen molar-refractivity contribution in [3.8, 4) is 17.2 Å². The summed E-state index contributed by atoms with van der Waals surface area (Å²) in [5, 5.41) is 0. The fourth-order valence-electron chi connectivity index (χ4n) is 2.92. The maximum atomic E-state index is 5.60. The zero-order valence-corrected chi connectivity index (χ0v) is 15.2. The highest BCUT2D eigenvalue weighted by atomic mass is 16.5. The molecule has 3 aromatic rings. The number of benzene rings is 3.